The van der Waals surface area contributed by atoms with Crippen LogP contribution < -0.4 is 19.7 Å². The van der Waals surface area contributed by atoms with Gasteiger partial charge in [-0.2, -0.15) is 0 Å². The Bertz CT molecular complexity index is 1440. The maximum Gasteiger partial charge on any atom is 0.335 e. The predicted molar refractivity (Wildman–Crippen MR) is 151 cm³/mol. The van der Waals surface area contributed by atoms with Gasteiger partial charge in [-0.05, 0) is 76.5 Å². The Hall–Kier alpha value is -3.08. The van der Waals surface area contributed by atoms with E-state index in [2.05, 4.69) is 27.9 Å². The van der Waals surface area contributed by atoms with Crippen molar-refractivity contribution >= 4 is 75.4 Å². The number of nitrogens with one attached hydrogen (secondary N) is 1. The zero-order valence-electron chi connectivity index (χ0n) is 19.8. The van der Waals surface area contributed by atoms with Crippen LogP contribution in [0.5, 0.6) is 11.5 Å². The summed E-state index contributed by atoms with van der Waals surface area (Å²) in [7, 11) is 1.49. The van der Waals surface area contributed by atoms with Gasteiger partial charge in [-0.3, -0.25) is 14.9 Å². The highest BCUT2D eigenvalue weighted by molar-refractivity contribution is 14.1. The molecule has 1 aliphatic heterocycles. The molecule has 1 aliphatic rings. The minimum Gasteiger partial charge on any atom is -0.493 e. The van der Waals surface area contributed by atoms with Crippen molar-refractivity contribution in [3.05, 3.63) is 90.5 Å². The molecule has 37 heavy (non-hydrogen) atoms. The number of para-hydroxylation sites is 1. The Kier molecular flexibility index (Phi) is 8.41. The molecule has 0 saturated carbocycles. The van der Waals surface area contributed by atoms with Gasteiger partial charge in [0.25, 0.3) is 11.8 Å². The molecular weight excluding hydrogens is 630 g/mol. The molecule has 1 fully saturated rings. The molecule has 3 aromatic rings. The van der Waals surface area contributed by atoms with Gasteiger partial charge in [0, 0.05) is 15.6 Å². The summed E-state index contributed by atoms with van der Waals surface area (Å²) >= 11 is 14.3. The van der Waals surface area contributed by atoms with Gasteiger partial charge in [0.15, 0.2) is 11.5 Å². The monoisotopic (exact) mass is 650 g/mol. The largest absolute Gasteiger partial charge is 0.493 e. The normalized spacial score (nSPS) is 14.7. The second-order valence-corrected chi connectivity index (χ2v) is 10.0. The fourth-order valence-electron chi connectivity index (χ4n) is 3.82. The zero-order chi connectivity index (χ0) is 26.7. The maximum absolute atomic E-state index is 13.3. The number of barbiturate groups is 1. The summed E-state index contributed by atoms with van der Waals surface area (Å²) in [5.74, 6) is -0.602. The second-order valence-electron chi connectivity index (χ2n) is 8.00. The van der Waals surface area contributed by atoms with Crippen LogP contribution in [0.15, 0.2) is 60.2 Å². The summed E-state index contributed by atoms with van der Waals surface area (Å²) in [6.45, 7) is 2.10. The number of halogens is 3. The van der Waals surface area contributed by atoms with E-state index in [9.17, 15) is 14.4 Å². The summed E-state index contributed by atoms with van der Waals surface area (Å²) in [6.07, 6.45) is 2.04. The van der Waals surface area contributed by atoms with Crippen molar-refractivity contribution in [2.24, 2.45) is 0 Å². The number of nitrogens with zero attached hydrogens (tertiary/aromatic N) is 1. The highest BCUT2D eigenvalue weighted by Gasteiger charge is 2.37. The van der Waals surface area contributed by atoms with Crippen molar-refractivity contribution in [1.29, 1.82) is 0 Å². The summed E-state index contributed by atoms with van der Waals surface area (Å²) in [5.41, 5.74) is 2.33. The second kappa shape index (κ2) is 11.5. The van der Waals surface area contributed by atoms with E-state index in [0.717, 1.165) is 16.0 Å². The summed E-state index contributed by atoms with van der Waals surface area (Å²) in [5, 5.41) is 3.27. The highest BCUT2D eigenvalue weighted by atomic mass is 127. The average molecular weight is 651 g/mol. The maximum atomic E-state index is 13.3. The predicted octanol–water partition coefficient (Wildman–Crippen LogP) is 6.41. The molecule has 4 rings (SSSR count). The van der Waals surface area contributed by atoms with Gasteiger partial charge in [0.1, 0.15) is 12.2 Å². The van der Waals surface area contributed by atoms with E-state index < -0.39 is 17.8 Å². The minimum atomic E-state index is -0.787. The number of urea groups is 1. The lowest BCUT2D eigenvalue weighted by Gasteiger charge is -2.28. The molecule has 10 heteroatoms. The molecule has 7 nitrogen and oxygen atoms in total. The Balaban J connectivity index is 1.66. The molecule has 0 aromatic heterocycles. The lowest BCUT2D eigenvalue weighted by Crippen LogP contribution is -2.54. The summed E-state index contributed by atoms with van der Waals surface area (Å²) in [6, 6.07) is 14.8. The number of anilines is 1. The van der Waals surface area contributed by atoms with Crippen LogP contribution in [0.3, 0.4) is 0 Å². The third-order valence-corrected chi connectivity index (χ3v) is 7.05. The number of hydrogen-bond acceptors (Lipinski definition) is 5. The molecule has 1 heterocycles. The molecule has 0 bridgehead atoms. The first-order valence-corrected chi connectivity index (χ1v) is 13.0. The first kappa shape index (κ1) is 27.0. The van der Waals surface area contributed by atoms with Crippen molar-refractivity contribution in [3.8, 4) is 11.5 Å². The SMILES string of the molecule is CCc1ccccc1N1C(=O)NC(=O)/C(=C/c2cc(I)c(OCc3ccc(Cl)cc3Cl)c(OC)c2)C1=O. The standard InChI is InChI=1S/C27H21Cl2IN2O5/c1-3-16-6-4-5-7-22(16)32-26(34)19(25(33)31-27(32)35)10-15-11-21(30)24(23(12-15)36-2)37-14-17-8-9-18(28)13-20(17)29/h4-13H,3,14H2,1-2H3,(H,31,33,35)/b19-10-. The number of methoxy groups -OCH3 is 1. The number of carbonyl (C=O) groups is 3. The van der Waals surface area contributed by atoms with Crippen molar-refractivity contribution in [3.63, 3.8) is 0 Å². The lowest BCUT2D eigenvalue weighted by molar-refractivity contribution is -0.122. The molecule has 4 amide bonds. The van der Waals surface area contributed by atoms with Crippen LogP contribution in [0.25, 0.3) is 6.08 Å². The Morgan fingerprint density at radius 3 is 2.49 bits per heavy atom. The van der Waals surface area contributed by atoms with Gasteiger partial charge in [-0.25, -0.2) is 9.69 Å². The van der Waals surface area contributed by atoms with Crippen LogP contribution in [-0.2, 0) is 22.6 Å². The van der Waals surface area contributed by atoms with Crippen LogP contribution in [0.2, 0.25) is 10.0 Å². The molecule has 0 atom stereocenters. The number of carbonyl (C=O) groups excluding carboxylic acids is 3. The first-order valence-electron chi connectivity index (χ1n) is 11.2. The topological polar surface area (TPSA) is 84.9 Å². The van der Waals surface area contributed by atoms with Gasteiger partial charge in [0.05, 0.1) is 16.4 Å². The van der Waals surface area contributed by atoms with Crippen LogP contribution >= 0.6 is 45.8 Å². The third kappa shape index (κ3) is 5.76. The Morgan fingerprint density at radius 2 is 1.78 bits per heavy atom. The number of benzene rings is 3. The fourth-order valence-corrected chi connectivity index (χ4v) is 5.07. The van der Waals surface area contributed by atoms with Gasteiger partial charge in [-0.15, -0.1) is 0 Å². The molecule has 0 spiro atoms. The molecule has 0 aliphatic carbocycles. The highest BCUT2D eigenvalue weighted by Crippen LogP contribution is 2.36. The van der Waals surface area contributed by atoms with Crippen molar-refractivity contribution in [1.82, 2.24) is 5.32 Å². The van der Waals surface area contributed by atoms with E-state index in [-0.39, 0.29) is 12.2 Å². The number of imide groups is 2. The van der Waals surface area contributed by atoms with Gasteiger partial charge >= 0.3 is 6.03 Å². The minimum absolute atomic E-state index is 0.176. The number of hydrogen-bond donors (Lipinski definition) is 1. The van der Waals surface area contributed by atoms with E-state index in [4.69, 9.17) is 32.7 Å². The molecule has 1 saturated heterocycles. The van der Waals surface area contributed by atoms with Crippen molar-refractivity contribution < 1.29 is 23.9 Å². The van der Waals surface area contributed by atoms with Crippen molar-refractivity contribution in [2.75, 3.05) is 12.0 Å². The quantitative estimate of drug-likeness (QED) is 0.181. The molecule has 1 N–H and O–H groups in total. The Morgan fingerprint density at radius 1 is 1.03 bits per heavy atom. The van der Waals surface area contributed by atoms with Gasteiger partial charge in [0.2, 0.25) is 0 Å². The van der Waals surface area contributed by atoms with E-state index in [0.29, 0.717) is 42.8 Å². The fraction of sp³-hybridized carbons (Fsp3) is 0.148. The van der Waals surface area contributed by atoms with Crippen LogP contribution in [0.4, 0.5) is 10.5 Å². The van der Waals surface area contributed by atoms with Crippen LogP contribution in [-0.4, -0.2) is 25.0 Å². The zero-order valence-corrected chi connectivity index (χ0v) is 23.5. The number of aryl methyl sites for hydroxylation is 1. The average Bonchev–Trinajstić information content (AvgIpc) is 2.86. The Labute approximate surface area is 237 Å². The van der Waals surface area contributed by atoms with Crippen LogP contribution in [0.1, 0.15) is 23.6 Å². The lowest BCUT2D eigenvalue weighted by atomic mass is 10.0. The molecule has 0 unspecified atom stereocenters. The summed E-state index contributed by atoms with van der Waals surface area (Å²) in [4.78, 5) is 39.6. The van der Waals surface area contributed by atoms with E-state index in [1.807, 2.05) is 19.1 Å². The molecule has 0 radical (unpaired) electrons. The third-order valence-electron chi connectivity index (χ3n) is 5.66. The van der Waals surface area contributed by atoms with Gasteiger partial charge in [-0.1, -0.05) is 54.4 Å². The summed E-state index contributed by atoms with van der Waals surface area (Å²) < 4.78 is 12.2. The number of amides is 4. The first-order chi connectivity index (χ1) is 17.7. The molecule has 3 aromatic carbocycles. The van der Waals surface area contributed by atoms with Crippen LogP contribution in [0, 0.1) is 3.57 Å². The van der Waals surface area contributed by atoms with Gasteiger partial charge < -0.3 is 9.47 Å². The number of ether oxygens (including phenoxy) is 2. The van der Waals surface area contributed by atoms with E-state index in [1.54, 1.807) is 42.5 Å². The van der Waals surface area contributed by atoms with Crippen molar-refractivity contribution in [2.45, 2.75) is 20.0 Å². The molecule has 190 valence electrons. The smallest absolute Gasteiger partial charge is 0.335 e. The van der Waals surface area contributed by atoms with E-state index >= 15 is 0 Å². The molecular formula is C27H21Cl2IN2O5. The van der Waals surface area contributed by atoms with E-state index in [1.165, 1.54) is 13.2 Å². The number of rotatable bonds is 7.